The van der Waals surface area contributed by atoms with Gasteiger partial charge in [0.05, 0.1) is 19.1 Å². The highest BCUT2D eigenvalue weighted by Crippen LogP contribution is 2.35. The molecule has 1 saturated heterocycles. The van der Waals surface area contributed by atoms with Crippen molar-refractivity contribution in [2.45, 2.75) is 31.3 Å². The molecular weight excluding hydrogens is 342 g/mol. The number of hydrogen-bond donors (Lipinski definition) is 1. The SMILES string of the molecule is CN(Cc1nccc(N)n1)[C@@H]1CCN(C(=O)[C@@H]2CCOc3ccccc32)C1. The molecule has 2 aromatic rings. The van der Waals surface area contributed by atoms with E-state index in [4.69, 9.17) is 10.5 Å². The van der Waals surface area contributed by atoms with Crippen molar-refractivity contribution in [3.63, 3.8) is 0 Å². The van der Waals surface area contributed by atoms with Gasteiger partial charge in [0.15, 0.2) is 0 Å². The van der Waals surface area contributed by atoms with Crippen LogP contribution in [0.25, 0.3) is 0 Å². The molecule has 1 aromatic heterocycles. The van der Waals surface area contributed by atoms with E-state index in [2.05, 4.69) is 21.9 Å². The number of amides is 1. The van der Waals surface area contributed by atoms with E-state index in [1.54, 1.807) is 12.3 Å². The van der Waals surface area contributed by atoms with Crippen molar-refractivity contribution >= 4 is 11.7 Å². The Labute approximate surface area is 159 Å². The summed E-state index contributed by atoms with van der Waals surface area (Å²) in [7, 11) is 2.05. The van der Waals surface area contributed by atoms with E-state index >= 15 is 0 Å². The summed E-state index contributed by atoms with van der Waals surface area (Å²) in [6.07, 6.45) is 3.37. The molecule has 0 aliphatic carbocycles. The number of likely N-dealkylation sites (N-methyl/N-ethyl adjacent to an activating group) is 1. The summed E-state index contributed by atoms with van der Waals surface area (Å²) in [6.45, 7) is 2.73. The summed E-state index contributed by atoms with van der Waals surface area (Å²) in [6, 6.07) is 9.86. The predicted molar refractivity (Wildman–Crippen MR) is 102 cm³/mol. The third-order valence-electron chi connectivity index (χ3n) is 5.47. The number of para-hydroxylation sites is 1. The maximum atomic E-state index is 13.1. The number of ether oxygens (including phenoxy) is 1. The van der Waals surface area contributed by atoms with Crippen LogP contribution in [0, 0.1) is 0 Å². The van der Waals surface area contributed by atoms with Crippen molar-refractivity contribution in [2.75, 3.05) is 32.5 Å². The van der Waals surface area contributed by atoms with Crippen LogP contribution in [0.15, 0.2) is 36.5 Å². The number of anilines is 1. The number of fused-ring (bicyclic) bond motifs is 1. The van der Waals surface area contributed by atoms with Gasteiger partial charge in [-0.25, -0.2) is 9.97 Å². The molecule has 7 heteroatoms. The Hall–Kier alpha value is -2.67. The summed E-state index contributed by atoms with van der Waals surface area (Å²) >= 11 is 0. The quantitative estimate of drug-likeness (QED) is 0.885. The molecule has 1 aromatic carbocycles. The molecule has 2 aliphatic rings. The van der Waals surface area contributed by atoms with Crippen LogP contribution in [0.3, 0.4) is 0 Å². The van der Waals surface area contributed by atoms with Gasteiger partial charge in [0.2, 0.25) is 5.91 Å². The minimum absolute atomic E-state index is 0.101. The Morgan fingerprint density at radius 1 is 1.33 bits per heavy atom. The maximum absolute atomic E-state index is 13.1. The van der Waals surface area contributed by atoms with Crippen LogP contribution in [0.4, 0.5) is 5.82 Å². The highest BCUT2D eigenvalue weighted by Gasteiger charge is 2.35. The molecule has 0 saturated carbocycles. The van der Waals surface area contributed by atoms with Crippen LogP contribution in [0.2, 0.25) is 0 Å². The van der Waals surface area contributed by atoms with E-state index < -0.39 is 0 Å². The summed E-state index contributed by atoms with van der Waals surface area (Å²) in [4.78, 5) is 25.9. The average Bonchev–Trinajstić information content (AvgIpc) is 3.17. The van der Waals surface area contributed by atoms with E-state index in [1.807, 2.05) is 29.2 Å². The van der Waals surface area contributed by atoms with Gasteiger partial charge >= 0.3 is 0 Å². The number of nitrogen functional groups attached to an aromatic ring is 1. The number of hydrogen-bond acceptors (Lipinski definition) is 6. The molecule has 0 unspecified atom stereocenters. The van der Waals surface area contributed by atoms with Crippen LogP contribution in [0.5, 0.6) is 5.75 Å². The van der Waals surface area contributed by atoms with E-state index in [0.717, 1.165) is 37.2 Å². The number of nitrogens with zero attached hydrogens (tertiary/aromatic N) is 4. The third kappa shape index (κ3) is 3.73. The molecule has 3 heterocycles. The molecule has 0 bridgehead atoms. The van der Waals surface area contributed by atoms with Gasteiger partial charge in [-0.1, -0.05) is 18.2 Å². The van der Waals surface area contributed by atoms with Crippen molar-refractivity contribution in [1.29, 1.82) is 0 Å². The van der Waals surface area contributed by atoms with Crippen molar-refractivity contribution in [3.8, 4) is 5.75 Å². The Morgan fingerprint density at radius 3 is 3.04 bits per heavy atom. The smallest absolute Gasteiger partial charge is 0.230 e. The van der Waals surface area contributed by atoms with Crippen molar-refractivity contribution < 1.29 is 9.53 Å². The second-order valence-corrected chi connectivity index (χ2v) is 7.27. The Bertz CT molecular complexity index is 828. The first-order chi connectivity index (χ1) is 13.1. The molecule has 7 nitrogen and oxygen atoms in total. The highest BCUT2D eigenvalue weighted by atomic mass is 16.5. The first kappa shape index (κ1) is 17.7. The fourth-order valence-corrected chi connectivity index (χ4v) is 3.96. The predicted octanol–water partition coefficient (Wildman–Crippen LogP) is 1.66. The first-order valence-electron chi connectivity index (χ1n) is 9.40. The largest absolute Gasteiger partial charge is 0.493 e. The van der Waals surface area contributed by atoms with E-state index in [1.165, 1.54) is 0 Å². The maximum Gasteiger partial charge on any atom is 0.230 e. The van der Waals surface area contributed by atoms with E-state index in [9.17, 15) is 4.79 Å². The molecule has 27 heavy (non-hydrogen) atoms. The summed E-state index contributed by atoms with van der Waals surface area (Å²) in [5.41, 5.74) is 6.75. The van der Waals surface area contributed by atoms with Crippen LogP contribution in [0.1, 0.15) is 30.1 Å². The second kappa shape index (κ2) is 7.52. The fourth-order valence-electron chi connectivity index (χ4n) is 3.96. The molecule has 4 rings (SSSR count). The third-order valence-corrected chi connectivity index (χ3v) is 5.47. The molecule has 1 fully saturated rings. The fraction of sp³-hybridized carbons (Fsp3) is 0.450. The van der Waals surface area contributed by atoms with Crippen LogP contribution in [-0.2, 0) is 11.3 Å². The average molecular weight is 367 g/mol. The van der Waals surface area contributed by atoms with Gasteiger partial charge in [0, 0.05) is 30.9 Å². The second-order valence-electron chi connectivity index (χ2n) is 7.27. The summed E-state index contributed by atoms with van der Waals surface area (Å²) in [5, 5.41) is 0. The zero-order valence-corrected chi connectivity index (χ0v) is 15.5. The molecule has 2 N–H and O–H groups in total. The number of rotatable bonds is 4. The topological polar surface area (TPSA) is 84.6 Å². The number of carbonyl (C=O) groups is 1. The Kier molecular flexibility index (Phi) is 4.94. The molecule has 2 atom stereocenters. The number of likely N-dealkylation sites (tertiary alicyclic amines) is 1. The van der Waals surface area contributed by atoms with Crippen LogP contribution < -0.4 is 10.5 Å². The van der Waals surface area contributed by atoms with Crippen LogP contribution in [-0.4, -0.2) is 58.5 Å². The molecule has 1 amide bonds. The molecule has 0 spiro atoms. The lowest BCUT2D eigenvalue weighted by Gasteiger charge is -2.29. The van der Waals surface area contributed by atoms with Gasteiger partial charge in [0.1, 0.15) is 17.4 Å². The van der Waals surface area contributed by atoms with Gasteiger partial charge in [-0.15, -0.1) is 0 Å². The monoisotopic (exact) mass is 367 g/mol. The lowest BCUT2D eigenvalue weighted by atomic mass is 9.92. The van der Waals surface area contributed by atoms with Gasteiger partial charge in [-0.2, -0.15) is 0 Å². The van der Waals surface area contributed by atoms with Gasteiger partial charge in [0.25, 0.3) is 0 Å². The molecule has 0 radical (unpaired) electrons. The number of benzene rings is 1. The van der Waals surface area contributed by atoms with E-state index in [-0.39, 0.29) is 11.8 Å². The molecule has 142 valence electrons. The van der Waals surface area contributed by atoms with Gasteiger partial charge < -0.3 is 15.4 Å². The van der Waals surface area contributed by atoms with E-state index in [0.29, 0.717) is 30.8 Å². The Balaban J connectivity index is 1.40. The van der Waals surface area contributed by atoms with Crippen molar-refractivity contribution in [2.24, 2.45) is 0 Å². The number of nitrogens with two attached hydrogens (primary N) is 1. The summed E-state index contributed by atoms with van der Waals surface area (Å²) in [5.74, 6) is 2.14. The van der Waals surface area contributed by atoms with Gasteiger partial charge in [-0.3, -0.25) is 9.69 Å². The molecule has 2 aliphatic heterocycles. The van der Waals surface area contributed by atoms with Crippen molar-refractivity contribution in [1.82, 2.24) is 19.8 Å². The summed E-state index contributed by atoms with van der Waals surface area (Å²) < 4.78 is 5.70. The lowest BCUT2D eigenvalue weighted by Crippen LogP contribution is -2.39. The highest BCUT2D eigenvalue weighted by molar-refractivity contribution is 5.85. The van der Waals surface area contributed by atoms with Gasteiger partial charge in [-0.05, 0) is 32.0 Å². The zero-order valence-electron chi connectivity index (χ0n) is 15.5. The zero-order chi connectivity index (χ0) is 18.8. The lowest BCUT2D eigenvalue weighted by molar-refractivity contribution is -0.132. The normalized spacial score (nSPS) is 21.8. The first-order valence-corrected chi connectivity index (χ1v) is 9.40. The standard InChI is InChI=1S/C20H25N5O2/c1-24(13-19-22-9-6-18(21)23-19)14-7-10-25(12-14)20(26)16-8-11-27-17-5-3-2-4-15(16)17/h2-6,9,14,16H,7-8,10-13H2,1H3,(H2,21,22,23)/t14-,16-/m1/s1. The Morgan fingerprint density at radius 2 is 2.19 bits per heavy atom. The van der Waals surface area contributed by atoms with Crippen molar-refractivity contribution in [3.05, 3.63) is 47.9 Å². The number of aromatic nitrogens is 2. The minimum atomic E-state index is -0.101. The number of carbonyl (C=O) groups excluding carboxylic acids is 1. The van der Waals surface area contributed by atoms with Crippen LogP contribution >= 0.6 is 0 Å². The molecular formula is C20H25N5O2. The minimum Gasteiger partial charge on any atom is -0.493 e.